The van der Waals surface area contributed by atoms with Gasteiger partial charge in [-0.2, -0.15) is 0 Å². The summed E-state index contributed by atoms with van der Waals surface area (Å²) in [6.45, 7) is 12.8. The zero-order valence-electron chi connectivity index (χ0n) is 13.3. The SMILES string of the molecule is Cc1cc(C)c(N(N)c2cc(C)c(C)c(C)c2)cc1C. The molecule has 2 heteroatoms. The maximum Gasteiger partial charge on any atom is 0.0607 e. The molecule has 0 atom stereocenters. The van der Waals surface area contributed by atoms with Crippen LogP contribution in [0.2, 0.25) is 0 Å². The standard InChI is InChI=1S/C18H24N2/c1-11-7-15(5)18(10-12(11)2)20(19)17-8-13(3)16(6)14(4)9-17/h7-10H,19H2,1-6H3. The summed E-state index contributed by atoms with van der Waals surface area (Å²) in [6, 6.07) is 8.65. The van der Waals surface area contributed by atoms with Gasteiger partial charge in [-0.15, -0.1) is 0 Å². The monoisotopic (exact) mass is 268 g/mol. The van der Waals surface area contributed by atoms with E-state index < -0.39 is 0 Å². The van der Waals surface area contributed by atoms with E-state index in [-0.39, 0.29) is 0 Å². The third-order valence-electron chi connectivity index (χ3n) is 4.26. The number of anilines is 2. The summed E-state index contributed by atoms with van der Waals surface area (Å²) >= 11 is 0. The minimum absolute atomic E-state index is 1.04. The van der Waals surface area contributed by atoms with Crippen LogP contribution in [0.15, 0.2) is 24.3 Å². The Bertz CT molecular complexity index is 634. The summed E-state index contributed by atoms with van der Waals surface area (Å²) in [5.41, 5.74) is 9.75. The first-order valence-electron chi connectivity index (χ1n) is 7.01. The lowest BCUT2D eigenvalue weighted by Gasteiger charge is -2.23. The third kappa shape index (κ3) is 2.56. The van der Waals surface area contributed by atoms with Crippen molar-refractivity contribution in [2.24, 2.45) is 5.84 Å². The lowest BCUT2D eigenvalue weighted by molar-refractivity contribution is 1.06. The molecule has 0 fully saturated rings. The van der Waals surface area contributed by atoms with Crippen molar-refractivity contribution in [2.75, 3.05) is 5.01 Å². The number of nitrogens with zero attached hydrogens (tertiary/aromatic N) is 1. The van der Waals surface area contributed by atoms with Gasteiger partial charge in [-0.25, -0.2) is 5.84 Å². The Hall–Kier alpha value is -1.80. The van der Waals surface area contributed by atoms with Crippen LogP contribution in [0.5, 0.6) is 0 Å². The zero-order valence-corrected chi connectivity index (χ0v) is 13.3. The van der Waals surface area contributed by atoms with E-state index in [9.17, 15) is 0 Å². The van der Waals surface area contributed by atoms with Crippen LogP contribution in [0.3, 0.4) is 0 Å². The molecule has 0 aromatic heterocycles. The highest BCUT2D eigenvalue weighted by atomic mass is 15.4. The van der Waals surface area contributed by atoms with Crippen molar-refractivity contribution in [3.05, 3.63) is 57.6 Å². The van der Waals surface area contributed by atoms with Gasteiger partial charge >= 0.3 is 0 Å². The Morgan fingerprint density at radius 3 is 1.70 bits per heavy atom. The summed E-state index contributed by atoms with van der Waals surface area (Å²) in [7, 11) is 0. The first-order chi connectivity index (χ1) is 9.31. The fourth-order valence-corrected chi connectivity index (χ4v) is 2.50. The summed E-state index contributed by atoms with van der Waals surface area (Å²) < 4.78 is 0. The lowest BCUT2D eigenvalue weighted by Crippen LogP contribution is -2.26. The number of hydrogen-bond acceptors (Lipinski definition) is 2. The van der Waals surface area contributed by atoms with Crippen molar-refractivity contribution >= 4 is 11.4 Å². The highest BCUT2D eigenvalue weighted by Gasteiger charge is 2.11. The average molecular weight is 268 g/mol. The van der Waals surface area contributed by atoms with E-state index in [1.54, 1.807) is 5.01 Å². The van der Waals surface area contributed by atoms with Crippen molar-refractivity contribution in [3.63, 3.8) is 0 Å². The van der Waals surface area contributed by atoms with Crippen LogP contribution in [0.1, 0.15) is 33.4 Å². The van der Waals surface area contributed by atoms with Gasteiger partial charge in [-0.1, -0.05) is 6.07 Å². The van der Waals surface area contributed by atoms with Gasteiger partial charge in [0.15, 0.2) is 0 Å². The minimum atomic E-state index is 1.04. The molecule has 2 aromatic carbocycles. The van der Waals surface area contributed by atoms with E-state index in [0.717, 1.165) is 11.4 Å². The Morgan fingerprint density at radius 2 is 1.15 bits per heavy atom. The number of aryl methyl sites for hydroxylation is 5. The van der Waals surface area contributed by atoms with Crippen molar-refractivity contribution < 1.29 is 0 Å². The molecule has 2 rings (SSSR count). The molecule has 0 saturated heterocycles. The van der Waals surface area contributed by atoms with Gasteiger partial charge in [0, 0.05) is 0 Å². The molecule has 2 nitrogen and oxygen atoms in total. The molecule has 106 valence electrons. The molecule has 0 unspecified atom stereocenters. The molecule has 2 N–H and O–H groups in total. The number of benzene rings is 2. The predicted octanol–water partition coefficient (Wildman–Crippen LogP) is 4.55. The molecule has 0 radical (unpaired) electrons. The summed E-state index contributed by atoms with van der Waals surface area (Å²) in [5, 5.41) is 1.79. The van der Waals surface area contributed by atoms with Gasteiger partial charge in [-0.3, -0.25) is 5.01 Å². The molecular formula is C18H24N2. The number of hydrogen-bond donors (Lipinski definition) is 1. The topological polar surface area (TPSA) is 29.3 Å². The Kier molecular flexibility index (Phi) is 3.87. The van der Waals surface area contributed by atoms with Gasteiger partial charge < -0.3 is 0 Å². The maximum absolute atomic E-state index is 6.36. The van der Waals surface area contributed by atoms with E-state index in [4.69, 9.17) is 5.84 Å². The summed E-state index contributed by atoms with van der Waals surface area (Å²) in [5.74, 6) is 6.36. The molecule has 0 saturated carbocycles. The summed E-state index contributed by atoms with van der Waals surface area (Å²) in [6.07, 6.45) is 0. The molecule has 2 aromatic rings. The highest BCUT2D eigenvalue weighted by molar-refractivity contribution is 5.68. The van der Waals surface area contributed by atoms with Crippen LogP contribution in [-0.2, 0) is 0 Å². The molecule has 0 heterocycles. The van der Waals surface area contributed by atoms with Gasteiger partial charge in [0.25, 0.3) is 0 Å². The second-order valence-corrected chi connectivity index (χ2v) is 5.80. The van der Waals surface area contributed by atoms with E-state index >= 15 is 0 Å². The van der Waals surface area contributed by atoms with Gasteiger partial charge in [-0.05, 0) is 93.1 Å². The van der Waals surface area contributed by atoms with Gasteiger partial charge in [0.05, 0.1) is 11.4 Å². The predicted molar refractivity (Wildman–Crippen MR) is 87.6 cm³/mol. The maximum atomic E-state index is 6.36. The van der Waals surface area contributed by atoms with Crippen molar-refractivity contribution in [1.82, 2.24) is 0 Å². The molecule has 0 aliphatic carbocycles. The Morgan fingerprint density at radius 1 is 0.650 bits per heavy atom. The Balaban J connectivity index is 2.51. The first kappa shape index (κ1) is 14.6. The fraction of sp³-hybridized carbons (Fsp3) is 0.333. The molecule has 20 heavy (non-hydrogen) atoms. The van der Waals surface area contributed by atoms with Crippen LogP contribution >= 0.6 is 0 Å². The largest absolute Gasteiger partial charge is 0.279 e. The Labute approximate surface area is 122 Å². The zero-order chi connectivity index (χ0) is 15.0. The van der Waals surface area contributed by atoms with Crippen molar-refractivity contribution in [3.8, 4) is 0 Å². The van der Waals surface area contributed by atoms with E-state index in [1.165, 1.54) is 33.4 Å². The first-order valence-corrected chi connectivity index (χ1v) is 7.01. The van der Waals surface area contributed by atoms with Crippen molar-refractivity contribution in [1.29, 1.82) is 0 Å². The van der Waals surface area contributed by atoms with Crippen LogP contribution < -0.4 is 10.9 Å². The smallest absolute Gasteiger partial charge is 0.0607 e. The molecule has 0 aliphatic rings. The lowest BCUT2D eigenvalue weighted by atomic mass is 10.0. The quantitative estimate of drug-likeness (QED) is 0.639. The van der Waals surface area contributed by atoms with Crippen LogP contribution in [-0.4, -0.2) is 0 Å². The van der Waals surface area contributed by atoms with E-state index in [2.05, 4.69) is 65.8 Å². The normalized spacial score (nSPS) is 10.8. The van der Waals surface area contributed by atoms with E-state index in [0.29, 0.717) is 0 Å². The molecule has 0 amide bonds. The second kappa shape index (κ2) is 5.29. The van der Waals surface area contributed by atoms with Crippen LogP contribution in [0.25, 0.3) is 0 Å². The average Bonchev–Trinajstić information content (AvgIpc) is 2.38. The fourth-order valence-electron chi connectivity index (χ4n) is 2.50. The van der Waals surface area contributed by atoms with Crippen LogP contribution in [0, 0.1) is 41.5 Å². The number of hydrazine groups is 1. The molecule has 0 bridgehead atoms. The van der Waals surface area contributed by atoms with Crippen molar-refractivity contribution in [2.45, 2.75) is 41.5 Å². The highest BCUT2D eigenvalue weighted by Crippen LogP contribution is 2.30. The third-order valence-corrected chi connectivity index (χ3v) is 4.26. The van der Waals surface area contributed by atoms with Gasteiger partial charge in [0.2, 0.25) is 0 Å². The number of nitrogens with two attached hydrogens (primary N) is 1. The molecular weight excluding hydrogens is 244 g/mol. The van der Waals surface area contributed by atoms with Gasteiger partial charge in [0.1, 0.15) is 0 Å². The second-order valence-electron chi connectivity index (χ2n) is 5.80. The molecule has 0 aliphatic heterocycles. The molecule has 0 spiro atoms. The van der Waals surface area contributed by atoms with E-state index in [1.807, 2.05) is 0 Å². The number of rotatable bonds is 2. The van der Waals surface area contributed by atoms with Crippen LogP contribution in [0.4, 0.5) is 11.4 Å². The summed E-state index contributed by atoms with van der Waals surface area (Å²) in [4.78, 5) is 0. The minimum Gasteiger partial charge on any atom is -0.279 e.